The molecule has 0 saturated heterocycles. The summed E-state index contributed by atoms with van der Waals surface area (Å²) in [7, 11) is 1.69. The fourth-order valence-electron chi connectivity index (χ4n) is 6.34. The van der Waals surface area contributed by atoms with Crippen molar-refractivity contribution >= 4 is 23.4 Å². The number of aliphatic imine (C=N–C) groups is 1. The fourth-order valence-corrected chi connectivity index (χ4v) is 8.12. The Morgan fingerprint density at radius 2 is 2.06 bits per heavy atom. The highest BCUT2D eigenvalue weighted by atomic mass is 32.2. The van der Waals surface area contributed by atoms with Crippen LogP contribution >= 0.6 is 11.8 Å². The third kappa shape index (κ3) is 3.32. The number of ether oxygens (including phenoxy) is 1. The predicted octanol–water partition coefficient (Wildman–Crippen LogP) is 4.30. The van der Waals surface area contributed by atoms with E-state index >= 15 is 0 Å². The maximum absolute atomic E-state index is 13.4. The van der Waals surface area contributed by atoms with E-state index in [0.29, 0.717) is 12.3 Å². The molecule has 2 aliphatic carbocycles. The zero-order chi connectivity index (χ0) is 23.1. The van der Waals surface area contributed by atoms with Gasteiger partial charge in [0.05, 0.1) is 30.2 Å². The summed E-state index contributed by atoms with van der Waals surface area (Å²) >= 11 is 1.92. The van der Waals surface area contributed by atoms with Crippen LogP contribution in [0, 0.1) is 30.6 Å². The number of nitrogens with two attached hydrogens (primary N) is 1. The van der Waals surface area contributed by atoms with Gasteiger partial charge in [-0.2, -0.15) is 0 Å². The molecule has 0 bridgehead atoms. The third-order valence-electron chi connectivity index (χ3n) is 8.33. The van der Waals surface area contributed by atoms with Crippen LogP contribution in [0.15, 0.2) is 45.3 Å². The summed E-state index contributed by atoms with van der Waals surface area (Å²) in [5.41, 5.74) is 12.5. The Bertz CT molecular complexity index is 1120. The van der Waals surface area contributed by atoms with Gasteiger partial charge in [0.25, 0.3) is 0 Å². The monoisotopic (exact) mass is 463 g/mol. The lowest BCUT2D eigenvalue weighted by molar-refractivity contribution is -0.131. The quantitative estimate of drug-likeness (QED) is 0.707. The van der Waals surface area contributed by atoms with Crippen LogP contribution in [0.2, 0.25) is 0 Å². The number of thioether (sulfide) groups is 1. The van der Waals surface area contributed by atoms with E-state index < -0.39 is 0 Å². The molecule has 3 heterocycles. The molecule has 2 saturated carbocycles. The van der Waals surface area contributed by atoms with Gasteiger partial charge in [0.2, 0.25) is 5.91 Å². The number of amides is 1. The van der Waals surface area contributed by atoms with Gasteiger partial charge in [0.1, 0.15) is 5.75 Å². The van der Waals surface area contributed by atoms with Crippen LogP contribution < -0.4 is 10.5 Å². The Hall–Kier alpha value is -2.05. The van der Waals surface area contributed by atoms with Gasteiger partial charge in [0.15, 0.2) is 0 Å². The molecule has 33 heavy (non-hydrogen) atoms. The van der Waals surface area contributed by atoms with E-state index in [0.717, 1.165) is 66.3 Å². The average molecular weight is 464 g/mol. The van der Waals surface area contributed by atoms with Gasteiger partial charge in [-0.25, -0.2) is 0 Å². The number of fused-ring (bicyclic) bond motifs is 3. The molecule has 6 heteroatoms. The van der Waals surface area contributed by atoms with E-state index in [1.54, 1.807) is 12.7 Å². The predicted molar refractivity (Wildman–Crippen MR) is 133 cm³/mol. The summed E-state index contributed by atoms with van der Waals surface area (Å²) < 4.78 is 5.41. The molecule has 174 valence electrons. The van der Waals surface area contributed by atoms with Gasteiger partial charge in [-0.1, -0.05) is 19.4 Å². The number of benzene rings is 1. The highest BCUT2D eigenvalue weighted by Gasteiger charge is 2.85. The Balaban J connectivity index is 1.15. The molecule has 4 unspecified atom stereocenters. The molecular weight excluding hydrogens is 430 g/mol. The van der Waals surface area contributed by atoms with Crippen LogP contribution in [0.4, 0.5) is 0 Å². The van der Waals surface area contributed by atoms with Crippen LogP contribution in [0.25, 0.3) is 0 Å². The standard InChI is InChI=1S/C27H33N3O2S/c1-14(2)18-12-19(16-5-6-21(32-4)15(3)11-16)29-20(18)13-23(31)30-9-7-17-22(8-10-30)33-27(28)25-24(17)26(25)27/h5-6,11-12,14,20,24-26H,7-10,13,28H2,1-4H3/t20?,24?,25-,26?,27?/m0/s1. The van der Waals surface area contributed by atoms with E-state index in [4.69, 9.17) is 15.5 Å². The number of hydrogen-bond acceptors (Lipinski definition) is 5. The topological polar surface area (TPSA) is 67.9 Å². The number of nitrogens with zero attached hydrogens (tertiary/aromatic N) is 2. The fraction of sp³-hybridized carbons (Fsp3) is 0.556. The number of carbonyl (C=O) groups excluding carboxylic acids is 1. The Morgan fingerprint density at radius 1 is 1.30 bits per heavy atom. The van der Waals surface area contributed by atoms with E-state index in [1.807, 2.05) is 17.8 Å². The molecule has 5 atom stereocenters. The summed E-state index contributed by atoms with van der Waals surface area (Å²) in [5, 5.41) is 0. The van der Waals surface area contributed by atoms with Crippen LogP contribution in [0.1, 0.15) is 44.2 Å². The molecule has 5 nitrogen and oxygen atoms in total. The first-order valence-electron chi connectivity index (χ1n) is 12.2. The number of aryl methyl sites for hydroxylation is 1. The number of carbonyl (C=O) groups is 1. The van der Waals surface area contributed by atoms with E-state index in [2.05, 4.69) is 43.9 Å². The minimum Gasteiger partial charge on any atom is -0.496 e. The van der Waals surface area contributed by atoms with Crippen molar-refractivity contribution < 1.29 is 9.53 Å². The molecule has 2 fully saturated rings. The van der Waals surface area contributed by atoms with Crippen molar-refractivity contribution in [1.82, 2.24) is 4.90 Å². The molecule has 5 aliphatic rings. The molecule has 2 N–H and O–H groups in total. The Morgan fingerprint density at radius 3 is 2.76 bits per heavy atom. The first-order chi connectivity index (χ1) is 15.8. The summed E-state index contributed by atoms with van der Waals surface area (Å²) in [6.45, 7) is 8.09. The van der Waals surface area contributed by atoms with Crippen molar-refractivity contribution in [2.24, 2.45) is 34.4 Å². The lowest BCUT2D eigenvalue weighted by atomic mass is 9.94. The summed E-state index contributed by atoms with van der Waals surface area (Å²) in [6.07, 6.45) is 4.65. The second kappa shape index (κ2) is 7.47. The van der Waals surface area contributed by atoms with Crippen molar-refractivity contribution in [2.75, 3.05) is 20.2 Å². The molecule has 0 radical (unpaired) electrons. The lowest BCUT2D eigenvalue weighted by Crippen LogP contribution is -2.35. The van der Waals surface area contributed by atoms with Gasteiger partial charge in [0, 0.05) is 18.7 Å². The van der Waals surface area contributed by atoms with Crippen LogP contribution in [0.3, 0.4) is 0 Å². The van der Waals surface area contributed by atoms with Gasteiger partial charge in [-0.05, 0) is 83.8 Å². The summed E-state index contributed by atoms with van der Waals surface area (Å²) in [5.74, 6) is 3.67. The maximum atomic E-state index is 13.4. The first-order valence-corrected chi connectivity index (χ1v) is 13.1. The lowest BCUT2D eigenvalue weighted by Gasteiger charge is -2.31. The van der Waals surface area contributed by atoms with Crippen molar-refractivity contribution in [2.45, 2.75) is 50.9 Å². The molecule has 1 aromatic rings. The van der Waals surface area contributed by atoms with Crippen molar-refractivity contribution in [3.05, 3.63) is 51.5 Å². The number of methoxy groups -OCH3 is 1. The summed E-state index contributed by atoms with van der Waals surface area (Å²) in [6, 6.07) is 6.11. The van der Waals surface area contributed by atoms with Crippen LogP contribution in [-0.2, 0) is 4.79 Å². The van der Waals surface area contributed by atoms with Crippen LogP contribution in [-0.4, -0.2) is 47.6 Å². The van der Waals surface area contributed by atoms with Gasteiger partial charge in [-0.3, -0.25) is 9.79 Å². The molecule has 6 rings (SSSR count). The van der Waals surface area contributed by atoms with Gasteiger partial charge >= 0.3 is 0 Å². The van der Waals surface area contributed by atoms with E-state index in [-0.39, 0.29) is 16.8 Å². The third-order valence-corrected chi connectivity index (χ3v) is 9.94. The number of rotatable bonds is 5. The average Bonchev–Trinajstić information content (AvgIpc) is 3.64. The molecule has 1 aromatic carbocycles. The molecule has 0 aromatic heterocycles. The smallest absolute Gasteiger partial charge is 0.225 e. The molecule has 3 aliphatic heterocycles. The second-order valence-corrected chi connectivity index (χ2v) is 12.0. The Kier molecular flexibility index (Phi) is 4.87. The normalized spacial score (nSPS) is 33.8. The van der Waals surface area contributed by atoms with Gasteiger partial charge < -0.3 is 15.4 Å². The SMILES string of the molecule is COc1ccc(C2=NC(CC(=O)N3CCC4=C(CC3)C3C5[C@H]3C5(N)S4)C(C(C)C)=C2)cc1C. The Labute approximate surface area is 200 Å². The van der Waals surface area contributed by atoms with E-state index in [9.17, 15) is 4.79 Å². The first kappa shape index (κ1) is 21.5. The van der Waals surface area contributed by atoms with Crippen molar-refractivity contribution in [3.63, 3.8) is 0 Å². The highest BCUT2D eigenvalue weighted by Crippen LogP contribution is 2.85. The van der Waals surface area contributed by atoms with Gasteiger partial charge in [-0.15, -0.1) is 11.8 Å². The zero-order valence-electron chi connectivity index (χ0n) is 19.9. The zero-order valence-corrected chi connectivity index (χ0v) is 20.7. The largest absolute Gasteiger partial charge is 0.496 e. The minimum atomic E-state index is -0.0697. The number of allylic oxidation sites excluding steroid dienone is 1. The highest BCUT2D eigenvalue weighted by molar-refractivity contribution is 8.04. The number of hydrogen-bond donors (Lipinski definition) is 1. The molecular formula is C27H33N3O2S. The maximum Gasteiger partial charge on any atom is 0.225 e. The summed E-state index contributed by atoms with van der Waals surface area (Å²) in [4.78, 5) is 22.0. The van der Waals surface area contributed by atoms with E-state index in [1.165, 1.54) is 10.5 Å². The minimum absolute atomic E-state index is 0.0500. The molecule has 0 spiro atoms. The van der Waals surface area contributed by atoms with Crippen molar-refractivity contribution in [3.8, 4) is 5.75 Å². The van der Waals surface area contributed by atoms with Crippen molar-refractivity contribution in [1.29, 1.82) is 0 Å². The second-order valence-electron chi connectivity index (χ2n) is 10.6. The molecule has 1 amide bonds. The van der Waals surface area contributed by atoms with Crippen LogP contribution in [0.5, 0.6) is 5.75 Å².